The molecule has 1 aromatic rings. The van der Waals surface area contributed by atoms with Gasteiger partial charge in [-0.2, -0.15) is 0 Å². The molecule has 0 saturated heterocycles. The van der Waals surface area contributed by atoms with Crippen LogP contribution in [-0.4, -0.2) is 22.4 Å². The Morgan fingerprint density at radius 1 is 1.62 bits per heavy atom. The van der Waals surface area contributed by atoms with E-state index in [-0.39, 0.29) is 10.6 Å². The fraction of sp³-hybridized carbons (Fsp3) is 0.600. The third-order valence-electron chi connectivity index (χ3n) is 2.23. The Labute approximate surface area is 104 Å². The maximum atomic E-state index is 11.1. The zero-order valence-electron chi connectivity index (χ0n) is 9.09. The van der Waals surface area contributed by atoms with Crippen molar-refractivity contribution < 1.29 is 0 Å². The predicted octanol–water partition coefficient (Wildman–Crippen LogP) is 2.49. The standard InChI is InChI=1S/C10H15Cl2N3O/c1-7(5-11)3-2-4-13-9-8(12)10(16)15-6-14-9/h6-7H,2-5H2,1H3,(H2,13,14,15,16). The minimum absolute atomic E-state index is 0.105. The first kappa shape index (κ1) is 13.3. The van der Waals surface area contributed by atoms with Crippen LogP contribution in [0.15, 0.2) is 11.1 Å². The average molecular weight is 264 g/mol. The smallest absolute Gasteiger partial charge is 0.271 e. The van der Waals surface area contributed by atoms with Crippen molar-refractivity contribution in [3.05, 3.63) is 21.7 Å². The summed E-state index contributed by atoms with van der Waals surface area (Å²) in [5, 5.41) is 3.13. The fourth-order valence-corrected chi connectivity index (χ4v) is 1.57. The van der Waals surface area contributed by atoms with E-state index >= 15 is 0 Å². The van der Waals surface area contributed by atoms with E-state index < -0.39 is 0 Å². The molecule has 16 heavy (non-hydrogen) atoms. The lowest BCUT2D eigenvalue weighted by molar-refractivity contribution is 0.572. The number of aromatic amines is 1. The Bertz CT molecular complexity index is 381. The molecule has 2 N–H and O–H groups in total. The van der Waals surface area contributed by atoms with Crippen molar-refractivity contribution in [2.75, 3.05) is 17.7 Å². The number of hydrogen-bond acceptors (Lipinski definition) is 3. The molecule has 0 saturated carbocycles. The van der Waals surface area contributed by atoms with Crippen LogP contribution in [0.3, 0.4) is 0 Å². The van der Waals surface area contributed by atoms with Crippen LogP contribution in [0.2, 0.25) is 5.02 Å². The second kappa shape index (κ2) is 6.76. The molecule has 0 spiro atoms. The van der Waals surface area contributed by atoms with Gasteiger partial charge in [0.2, 0.25) is 0 Å². The van der Waals surface area contributed by atoms with E-state index in [9.17, 15) is 4.79 Å². The number of nitrogens with one attached hydrogen (secondary N) is 2. The first-order valence-corrected chi connectivity index (χ1v) is 6.09. The number of rotatable bonds is 6. The van der Waals surface area contributed by atoms with Crippen molar-refractivity contribution in [2.24, 2.45) is 5.92 Å². The van der Waals surface area contributed by atoms with Crippen LogP contribution in [0.4, 0.5) is 5.82 Å². The van der Waals surface area contributed by atoms with E-state index in [1.54, 1.807) is 0 Å². The Morgan fingerprint density at radius 3 is 3.06 bits per heavy atom. The summed E-state index contributed by atoms with van der Waals surface area (Å²) in [7, 11) is 0. The summed E-state index contributed by atoms with van der Waals surface area (Å²) in [6.45, 7) is 2.84. The summed E-state index contributed by atoms with van der Waals surface area (Å²) in [6, 6.07) is 0. The Balaban J connectivity index is 2.38. The van der Waals surface area contributed by atoms with Crippen LogP contribution < -0.4 is 10.9 Å². The molecule has 1 aromatic heterocycles. The topological polar surface area (TPSA) is 57.8 Å². The highest BCUT2D eigenvalue weighted by molar-refractivity contribution is 6.32. The van der Waals surface area contributed by atoms with Gasteiger partial charge in [-0.15, -0.1) is 11.6 Å². The molecule has 0 radical (unpaired) electrons. The molecule has 0 amide bonds. The summed E-state index contributed by atoms with van der Waals surface area (Å²) < 4.78 is 0. The van der Waals surface area contributed by atoms with Crippen LogP contribution >= 0.6 is 23.2 Å². The van der Waals surface area contributed by atoms with E-state index in [0.29, 0.717) is 17.6 Å². The molecule has 0 bridgehead atoms. The van der Waals surface area contributed by atoms with E-state index in [1.165, 1.54) is 6.33 Å². The number of alkyl halides is 1. The largest absolute Gasteiger partial charge is 0.369 e. The van der Waals surface area contributed by atoms with Gasteiger partial charge < -0.3 is 10.3 Å². The van der Waals surface area contributed by atoms with Gasteiger partial charge in [-0.05, 0) is 18.8 Å². The summed E-state index contributed by atoms with van der Waals surface area (Å²) in [5.74, 6) is 1.61. The summed E-state index contributed by atoms with van der Waals surface area (Å²) in [4.78, 5) is 17.5. The zero-order chi connectivity index (χ0) is 12.0. The molecule has 6 heteroatoms. The molecular formula is C10H15Cl2N3O. The average Bonchev–Trinajstić information content (AvgIpc) is 2.29. The van der Waals surface area contributed by atoms with E-state index in [4.69, 9.17) is 23.2 Å². The minimum Gasteiger partial charge on any atom is -0.369 e. The van der Waals surface area contributed by atoms with Crippen molar-refractivity contribution in [3.8, 4) is 0 Å². The zero-order valence-corrected chi connectivity index (χ0v) is 10.6. The maximum Gasteiger partial charge on any atom is 0.271 e. The van der Waals surface area contributed by atoms with Crippen LogP contribution in [0.25, 0.3) is 0 Å². The molecule has 1 atom stereocenters. The molecule has 0 aliphatic carbocycles. The van der Waals surface area contributed by atoms with Crippen molar-refractivity contribution in [1.29, 1.82) is 0 Å². The highest BCUT2D eigenvalue weighted by atomic mass is 35.5. The Hall–Kier alpha value is -0.740. The van der Waals surface area contributed by atoms with Gasteiger partial charge in [-0.3, -0.25) is 4.79 Å². The van der Waals surface area contributed by atoms with Crippen molar-refractivity contribution >= 4 is 29.0 Å². The molecule has 4 nitrogen and oxygen atoms in total. The minimum atomic E-state index is -0.326. The van der Waals surface area contributed by atoms with Gasteiger partial charge in [0.25, 0.3) is 5.56 Å². The number of hydrogen-bond donors (Lipinski definition) is 2. The SMILES string of the molecule is CC(CCl)CCCNc1nc[nH]c(=O)c1Cl. The van der Waals surface area contributed by atoms with Crippen molar-refractivity contribution in [3.63, 3.8) is 0 Å². The second-order valence-electron chi connectivity index (χ2n) is 3.72. The summed E-state index contributed by atoms with van der Waals surface area (Å²) >= 11 is 11.5. The molecular weight excluding hydrogens is 249 g/mol. The van der Waals surface area contributed by atoms with Crippen LogP contribution in [0.1, 0.15) is 19.8 Å². The molecule has 0 fully saturated rings. The molecule has 1 unspecified atom stereocenters. The molecule has 0 aromatic carbocycles. The Kier molecular flexibility index (Phi) is 5.63. The normalized spacial score (nSPS) is 12.4. The summed E-state index contributed by atoms with van der Waals surface area (Å²) in [5.41, 5.74) is -0.326. The van der Waals surface area contributed by atoms with Crippen LogP contribution in [0.5, 0.6) is 0 Å². The molecule has 90 valence electrons. The van der Waals surface area contributed by atoms with E-state index in [1.807, 2.05) is 0 Å². The Morgan fingerprint density at radius 2 is 2.38 bits per heavy atom. The van der Waals surface area contributed by atoms with Gasteiger partial charge >= 0.3 is 0 Å². The number of anilines is 1. The van der Waals surface area contributed by atoms with E-state index in [0.717, 1.165) is 19.4 Å². The molecule has 1 heterocycles. The lowest BCUT2D eigenvalue weighted by Gasteiger charge is -2.08. The first-order valence-electron chi connectivity index (χ1n) is 5.18. The number of nitrogens with zero attached hydrogens (tertiary/aromatic N) is 1. The molecule has 0 aliphatic rings. The maximum absolute atomic E-state index is 11.1. The van der Waals surface area contributed by atoms with Gasteiger partial charge in [0.15, 0.2) is 5.82 Å². The van der Waals surface area contributed by atoms with Crippen LogP contribution in [-0.2, 0) is 0 Å². The highest BCUT2D eigenvalue weighted by Crippen LogP contribution is 2.13. The van der Waals surface area contributed by atoms with Gasteiger partial charge in [0.05, 0.1) is 6.33 Å². The first-order chi connectivity index (χ1) is 7.65. The third kappa shape index (κ3) is 4.02. The van der Waals surface area contributed by atoms with Gasteiger partial charge in [-0.25, -0.2) is 4.98 Å². The lowest BCUT2D eigenvalue weighted by Crippen LogP contribution is -2.13. The van der Waals surface area contributed by atoms with Gasteiger partial charge in [-0.1, -0.05) is 18.5 Å². The molecule has 1 rings (SSSR count). The summed E-state index contributed by atoms with van der Waals surface area (Å²) in [6.07, 6.45) is 3.34. The van der Waals surface area contributed by atoms with Crippen molar-refractivity contribution in [2.45, 2.75) is 19.8 Å². The monoisotopic (exact) mass is 263 g/mol. The van der Waals surface area contributed by atoms with Crippen molar-refractivity contribution in [1.82, 2.24) is 9.97 Å². The second-order valence-corrected chi connectivity index (χ2v) is 4.41. The highest BCUT2D eigenvalue weighted by Gasteiger charge is 2.05. The number of H-pyrrole nitrogens is 1. The van der Waals surface area contributed by atoms with Gasteiger partial charge in [0, 0.05) is 12.4 Å². The lowest BCUT2D eigenvalue weighted by atomic mass is 10.1. The van der Waals surface area contributed by atoms with Crippen LogP contribution in [0, 0.1) is 5.92 Å². The number of halogens is 2. The van der Waals surface area contributed by atoms with E-state index in [2.05, 4.69) is 22.2 Å². The fourth-order valence-electron chi connectivity index (χ4n) is 1.24. The van der Waals surface area contributed by atoms with Gasteiger partial charge in [0.1, 0.15) is 5.02 Å². The quantitative estimate of drug-likeness (QED) is 0.613. The predicted molar refractivity (Wildman–Crippen MR) is 67.5 cm³/mol. The number of aromatic nitrogens is 2. The molecule has 0 aliphatic heterocycles. The third-order valence-corrected chi connectivity index (χ3v) is 3.10.